The molecule has 0 aliphatic carbocycles. The van der Waals surface area contributed by atoms with Crippen molar-refractivity contribution in [2.24, 2.45) is 5.73 Å². The molecule has 1 aliphatic heterocycles. The first-order valence-electron chi connectivity index (χ1n) is 8.25. The Labute approximate surface area is 160 Å². The number of carbonyl (C=O) groups is 1. The molecule has 27 heavy (non-hydrogen) atoms. The van der Waals surface area contributed by atoms with E-state index in [9.17, 15) is 14.7 Å². The Balaban J connectivity index is 2.32. The Morgan fingerprint density at radius 1 is 1.37 bits per heavy atom. The molecular formula is C19H19ClN2O5. The van der Waals surface area contributed by atoms with E-state index in [1.807, 2.05) is 0 Å². The predicted molar refractivity (Wildman–Crippen MR) is 99.7 cm³/mol. The number of fused-ring (bicyclic) bond motifs is 1. The van der Waals surface area contributed by atoms with E-state index < -0.39 is 11.9 Å². The van der Waals surface area contributed by atoms with Crippen molar-refractivity contribution in [1.82, 2.24) is 4.57 Å². The van der Waals surface area contributed by atoms with Crippen LogP contribution in [0.3, 0.4) is 0 Å². The monoisotopic (exact) mass is 390 g/mol. The second-order valence-electron chi connectivity index (χ2n) is 6.10. The maximum absolute atomic E-state index is 13.2. The molecule has 8 heteroatoms. The zero-order valence-electron chi connectivity index (χ0n) is 14.9. The summed E-state index contributed by atoms with van der Waals surface area (Å²) in [6, 6.07) is 8.42. The third kappa shape index (κ3) is 3.31. The number of aliphatic hydroxyl groups is 1. The average Bonchev–Trinajstić information content (AvgIpc) is 2.64. The van der Waals surface area contributed by atoms with Gasteiger partial charge in [0.2, 0.25) is 5.88 Å². The van der Waals surface area contributed by atoms with Gasteiger partial charge in [-0.3, -0.25) is 4.79 Å². The standard InChI is InChI=1S/C19H19ClN2O5/c1-10-9-13-15(18(24)22(10)7-8-23)14(11-3-5-12(20)6-4-11)16(17(21)27-13)19(25)26-2/h3-6,9,14,23H,7-8,21H2,1-2H3/t14-/m1/s1. The van der Waals surface area contributed by atoms with Crippen molar-refractivity contribution in [1.29, 1.82) is 0 Å². The molecule has 0 saturated heterocycles. The Bertz CT molecular complexity index is 979. The number of nitrogens with two attached hydrogens (primary N) is 1. The van der Waals surface area contributed by atoms with Gasteiger partial charge < -0.3 is 24.9 Å². The highest BCUT2D eigenvalue weighted by Crippen LogP contribution is 2.41. The normalized spacial score (nSPS) is 15.9. The van der Waals surface area contributed by atoms with E-state index in [1.165, 1.54) is 11.7 Å². The molecular weight excluding hydrogens is 372 g/mol. The number of ether oxygens (including phenoxy) is 2. The van der Waals surface area contributed by atoms with Gasteiger partial charge in [0, 0.05) is 23.3 Å². The molecule has 2 aromatic rings. The summed E-state index contributed by atoms with van der Waals surface area (Å²) in [5.74, 6) is -1.31. The van der Waals surface area contributed by atoms with E-state index in [0.717, 1.165) is 0 Å². The highest BCUT2D eigenvalue weighted by Gasteiger charge is 2.38. The molecule has 1 aliphatic rings. The van der Waals surface area contributed by atoms with Crippen LogP contribution >= 0.6 is 11.6 Å². The summed E-state index contributed by atoms with van der Waals surface area (Å²) in [7, 11) is 1.23. The number of aromatic nitrogens is 1. The Hall–Kier alpha value is -2.77. The lowest BCUT2D eigenvalue weighted by Crippen LogP contribution is -2.35. The molecule has 0 spiro atoms. The van der Waals surface area contributed by atoms with Crippen LogP contribution in [0.15, 0.2) is 46.6 Å². The minimum absolute atomic E-state index is 0.0452. The average molecular weight is 391 g/mol. The van der Waals surface area contributed by atoms with E-state index in [0.29, 0.717) is 16.3 Å². The third-order valence-corrected chi connectivity index (χ3v) is 4.75. The predicted octanol–water partition coefficient (Wildman–Crippen LogP) is 1.67. The van der Waals surface area contributed by atoms with Gasteiger partial charge in [0.1, 0.15) is 11.3 Å². The maximum Gasteiger partial charge on any atom is 0.340 e. The van der Waals surface area contributed by atoms with Gasteiger partial charge in [-0.1, -0.05) is 23.7 Å². The summed E-state index contributed by atoms with van der Waals surface area (Å²) in [5, 5.41) is 9.82. The molecule has 1 aromatic heterocycles. The number of nitrogens with zero attached hydrogens (tertiary/aromatic N) is 1. The van der Waals surface area contributed by atoms with Crippen molar-refractivity contribution in [2.75, 3.05) is 13.7 Å². The van der Waals surface area contributed by atoms with Crippen molar-refractivity contribution in [3.8, 4) is 5.75 Å². The molecule has 0 saturated carbocycles. The smallest absolute Gasteiger partial charge is 0.340 e. The number of pyridine rings is 1. The lowest BCUT2D eigenvalue weighted by molar-refractivity contribution is -0.136. The number of carbonyl (C=O) groups excluding carboxylic acids is 1. The number of hydrogen-bond donors (Lipinski definition) is 2. The van der Waals surface area contributed by atoms with Gasteiger partial charge >= 0.3 is 5.97 Å². The van der Waals surface area contributed by atoms with Gasteiger partial charge in [0.05, 0.1) is 25.2 Å². The van der Waals surface area contributed by atoms with Gasteiger partial charge in [-0.25, -0.2) is 4.79 Å². The zero-order chi connectivity index (χ0) is 19.7. The molecule has 3 rings (SSSR count). The zero-order valence-corrected chi connectivity index (χ0v) is 15.6. The van der Waals surface area contributed by atoms with Crippen LogP contribution in [0.5, 0.6) is 5.75 Å². The summed E-state index contributed by atoms with van der Waals surface area (Å²) < 4.78 is 11.9. The topological polar surface area (TPSA) is 104 Å². The van der Waals surface area contributed by atoms with Crippen LogP contribution < -0.4 is 16.0 Å². The molecule has 2 heterocycles. The Morgan fingerprint density at radius 2 is 2.04 bits per heavy atom. The third-order valence-electron chi connectivity index (χ3n) is 4.50. The molecule has 0 radical (unpaired) electrons. The fourth-order valence-corrected chi connectivity index (χ4v) is 3.39. The van der Waals surface area contributed by atoms with Gasteiger partial charge in [-0.05, 0) is 24.6 Å². The highest BCUT2D eigenvalue weighted by atomic mass is 35.5. The lowest BCUT2D eigenvalue weighted by Gasteiger charge is -2.29. The van der Waals surface area contributed by atoms with Crippen LogP contribution in [-0.2, 0) is 16.1 Å². The quantitative estimate of drug-likeness (QED) is 0.769. The highest BCUT2D eigenvalue weighted by molar-refractivity contribution is 6.30. The van der Waals surface area contributed by atoms with Crippen molar-refractivity contribution in [2.45, 2.75) is 19.4 Å². The summed E-state index contributed by atoms with van der Waals surface area (Å²) in [4.78, 5) is 25.6. The number of methoxy groups -OCH3 is 1. The maximum atomic E-state index is 13.2. The molecule has 0 unspecified atom stereocenters. The van der Waals surface area contributed by atoms with Crippen LogP contribution in [0.25, 0.3) is 0 Å². The van der Waals surface area contributed by atoms with E-state index >= 15 is 0 Å². The first-order valence-corrected chi connectivity index (χ1v) is 8.63. The van der Waals surface area contributed by atoms with E-state index in [2.05, 4.69) is 0 Å². The number of aliphatic hydroxyl groups excluding tert-OH is 1. The molecule has 1 atom stereocenters. The van der Waals surface area contributed by atoms with Crippen molar-refractivity contribution in [3.05, 3.63) is 74.0 Å². The lowest BCUT2D eigenvalue weighted by atomic mass is 9.83. The van der Waals surface area contributed by atoms with Crippen molar-refractivity contribution >= 4 is 17.6 Å². The molecule has 0 amide bonds. The second-order valence-corrected chi connectivity index (χ2v) is 6.54. The first kappa shape index (κ1) is 19.0. The van der Waals surface area contributed by atoms with Crippen LogP contribution in [0.2, 0.25) is 5.02 Å². The van der Waals surface area contributed by atoms with Gasteiger partial charge in [-0.15, -0.1) is 0 Å². The first-order chi connectivity index (χ1) is 12.9. The van der Waals surface area contributed by atoms with Gasteiger partial charge in [0.15, 0.2) is 0 Å². The largest absolute Gasteiger partial charge is 0.465 e. The van der Waals surface area contributed by atoms with Gasteiger partial charge in [0.25, 0.3) is 5.56 Å². The minimum atomic E-state index is -0.781. The van der Waals surface area contributed by atoms with E-state index in [4.69, 9.17) is 26.8 Å². The van der Waals surface area contributed by atoms with Crippen molar-refractivity contribution < 1.29 is 19.4 Å². The van der Waals surface area contributed by atoms with Crippen LogP contribution in [0.1, 0.15) is 22.7 Å². The number of rotatable bonds is 4. The van der Waals surface area contributed by atoms with E-state index in [-0.39, 0.29) is 41.5 Å². The van der Waals surface area contributed by atoms with E-state index in [1.54, 1.807) is 37.3 Å². The number of benzene rings is 1. The second kappa shape index (κ2) is 7.46. The Kier molecular flexibility index (Phi) is 5.25. The van der Waals surface area contributed by atoms with Crippen LogP contribution in [0, 0.1) is 6.92 Å². The molecule has 142 valence electrons. The van der Waals surface area contributed by atoms with Gasteiger partial charge in [-0.2, -0.15) is 0 Å². The fraction of sp³-hybridized carbons (Fsp3) is 0.263. The fourth-order valence-electron chi connectivity index (χ4n) is 3.26. The summed E-state index contributed by atoms with van der Waals surface area (Å²) in [5.41, 5.74) is 7.19. The summed E-state index contributed by atoms with van der Waals surface area (Å²) in [6.07, 6.45) is 0. The SMILES string of the molecule is COC(=O)C1=C(N)Oc2cc(C)n(CCO)c(=O)c2[C@H]1c1ccc(Cl)cc1. The summed E-state index contributed by atoms with van der Waals surface area (Å²) in [6.45, 7) is 1.65. The minimum Gasteiger partial charge on any atom is -0.465 e. The molecule has 3 N–H and O–H groups in total. The Morgan fingerprint density at radius 3 is 2.63 bits per heavy atom. The van der Waals surface area contributed by atoms with Crippen LogP contribution in [-0.4, -0.2) is 29.4 Å². The number of aryl methyl sites for hydroxylation is 1. The van der Waals surface area contributed by atoms with Crippen molar-refractivity contribution in [3.63, 3.8) is 0 Å². The molecule has 1 aromatic carbocycles. The number of halogens is 1. The number of hydrogen-bond acceptors (Lipinski definition) is 6. The van der Waals surface area contributed by atoms with Crippen LogP contribution in [0.4, 0.5) is 0 Å². The number of esters is 1. The molecule has 0 bridgehead atoms. The molecule has 0 fully saturated rings. The summed E-state index contributed by atoms with van der Waals surface area (Å²) >= 11 is 5.98. The molecule has 7 nitrogen and oxygen atoms in total.